The second-order valence-electron chi connectivity index (χ2n) is 1.85. The molecule has 0 bridgehead atoms. The maximum atomic E-state index is 10.6. The smallest absolute Gasteiger partial charge is 0.219 e. The highest BCUT2D eigenvalue weighted by atomic mass is 16.2. The molecule has 9 heavy (non-hydrogen) atoms. The van der Waals surface area contributed by atoms with E-state index in [1.54, 1.807) is 17.9 Å². The SMILES string of the molecule is C=CCN(CC)C(C)=O. The van der Waals surface area contributed by atoms with Gasteiger partial charge in [0.25, 0.3) is 0 Å². The third-order valence-corrected chi connectivity index (χ3v) is 1.18. The Kier molecular flexibility index (Phi) is 3.76. The van der Waals surface area contributed by atoms with Crippen molar-refractivity contribution in [1.29, 1.82) is 0 Å². The summed E-state index contributed by atoms with van der Waals surface area (Å²) in [6, 6.07) is 0. The summed E-state index contributed by atoms with van der Waals surface area (Å²) in [5, 5.41) is 0. The summed E-state index contributed by atoms with van der Waals surface area (Å²) in [5.74, 6) is 0.109. The van der Waals surface area contributed by atoms with Crippen LogP contribution in [-0.2, 0) is 4.79 Å². The molecule has 0 aromatic carbocycles. The Morgan fingerprint density at radius 3 is 2.44 bits per heavy atom. The van der Waals surface area contributed by atoms with Gasteiger partial charge in [0, 0.05) is 20.0 Å². The van der Waals surface area contributed by atoms with Crippen molar-refractivity contribution in [3.05, 3.63) is 12.7 Å². The minimum Gasteiger partial charge on any atom is -0.340 e. The fourth-order valence-corrected chi connectivity index (χ4v) is 0.636. The standard InChI is InChI=1S/C7H13NO/c1-4-6-8(5-2)7(3)9/h4H,1,5-6H2,2-3H3. The van der Waals surface area contributed by atoms with Gasteiger partial charge in [0.05, 0.1) is 0 Å². The molecular weight excluding hydrogens is 114 g/mol. The third kappa shape index (κ3) is 2.90. The van der Waals surface area contributed by atoms with Gasteiger partial charge in [-0.1, -0.05) is 6.08 Å². The molecule has 2 heteroatoms. The van der Waals surface area contributed by atoms with Gasteiger partial charge in [-0.05, 0) is 6.92 Å². The molecule has 0 saturated heterocycles. The normalized spacial score (nSPS) is 8.67. The number of rotatable bonds is 3. The average molecular weight is 127 g/mol. The maximum Gasteiger partial charge on any atom is 0.219 e. The Labute approximate surface area is 56.2 Å². The first-order valence-corrected chi connectivity index (χ1v) is 3.08. The van der Waals surface area contributed by atoms with Crippen LogP contribution < -0.4 is 0 Å². The van der Waals surface area contributed by atoms with Crippen LogP contribution in [0.25, 0.3) is 0 Å². The summed E-state index contributed by atoms with van der Waals surface area (Å²) in [5.41, 5.74) is 0. The number of nitrogens with zero attached hydrogens (tertiary/aromatic N) is 1. The van der Waals surface area contributed by atoms with E-state index in [4.69, 9.17) is 0 Å². The number of carbonyl (C=O) groups excluding carboxylic acids is 1. The molecule has 0 N–H and O–H groups in total. The van der Waals surface area contributed by atoms with Gasteiger partial charge in [0.1, 0.15) is 0 Å². The Morgan fingerprint density at radius 2 is 2.33 bits per heavy atom. The lowest BCUT2D eigenvalue weighted by molar-refractivity contribution is -0.128. The van der Waals surface area contributed by atoms with E-state index >= 15 is 0 Å². The summed E-state index contributed by atoms with van der Waals surface area (Å²) in [7, 11) is 0. The van der Waals surface area contributed by atoms with Crippen molar-refractivity contribution >= 4 is 5.91 Å². The Bertz CT molecular complexity index is 109. The molecule has 0 aromatic heterocycles. The molecule has 0 aliphatic heterocycles. The van der Waals surface area contributed by atoms with Crippen molar-refractivity contribution in [1.82, 2.24) is 4.90 Å². The molecule has 0 atom stereocenters. The maximum absolute atomic E-state index is 10.6. The van der Waals surface area contributed by atoms with Crippen LogP contribution in [0.5, 0.6) is 0 Å². The van der Waals surface area contributed by atoms with Gasteiger partial charge in [-0.25, -0.2) is 0 Å². The summed E-state index contributed by atoms with van der Waals surface area (Å²) >= 11 is 0. The van der Waals surface area contributed by atoms with Crippen LogP contribution in [0.2, 0.25) is 0 Å². The molecule has 0 aliphatic rings. The minimum atomic E-state index is 0.109. The summed E-state index contributed by atoms with van der Waals surface area (Å²) in [4.78, 5) is 12.4. The van der Waals surface area contributed by atoms with Gasteiger partial charge in [-0.15, -0.1) is 6.58 Å². The second kappa shape index (κ2) is 4.13. The lowest BCUT2D eigenvalue weighted by Gasteiger charge is -2.15. The highest BCUT2D eigenvalue weighted by Gasteiger charge is 2.00. The van der Waals surface area contributed by atoms with E-state index in [-0.39, 0.29) is 5.91 Å². The van der Waals surface area contributed by atoms with Crippen molar-refractivity contribution in [3.8, 4) is 0 Å². The molecular formula is C7H13NO. The van der Waals surface area contributed by atoms with Crippen LogP contribution in [0, 0.1) is 0 Å². The van der Waals surface area contributed by atoms with Crippen LogP contribution in [-0.4, -0.2) is 23.9 Å². The van der Waals surface area contributed by atoms with Crippen LogP contribution in [0.4, 0.5) is 0 Å². The van der Waals surface area contributed by atoms with E-state index in [1.807, 2.05) is 6.92 Å². The molecule has 2 nitrogen and oxygen atoms in total. The van der Waals surface area contributed by atoms with Gasteiger partial charge in [-0.2, -0.15) is 0 Å². The fraction of sp³-hybridized carbons (Fsp3) is 0.571. The summed E-state index contributed by atoms with van der Waals surface area (Å²) < 4.78 is 0. The lowest BCUT2D eigenvalue weighted by atomic mass is 10.4. The van der Waals surface area contributed by atoms with E-state index in [0.717, 1.165) is 6.54 Å². The Hall–Kier alpha value is -0.790. The van der Waals surface area contributed by atoms with Gasteiger partial charge in [-0.3, -0.25) is 4.79 Å². The zero-order valence-electron chi connectivity index (χ0n) is 6.05. The van der Waals surface area contributed by atoms with E-state index in [0.29, 0.717) is 6.54 Å². The lowest BCUT2D eigenvalue weighted by Crippen LogP contribution is -2.28. The number of amides is 1. The highest BCUT2D eigenvalue weighted by Crippen LogP contribution is 1.86. The van der Waals surface area contributed by atoms with E-state index in [2.05, 4.69) is 6.58 Å². The van der Waals surface area contributed by atoms with E-state index < -0.39 is 0 Å². The van der Waals surface area contributed by atoms with Gasteiger partial charge < -0.3 is 4.90 Å². The molecule has 0 unspecified atom stereocenters. The quantitative estimate of drug-likeness (QED) is 0.519. The fourth-order valence-electron chi connectivity index (χ4n) is 0.636. The molecule has 0 aliphatic carbocycles. The molecule has 0 fully saturated rings. The molecule has 0 rings (SSSR count). The Balaban J connectivity index is 3.67. The van der Waals surface area contributed by atoms with E-state index in [9.17, 15) is 4.79 Å². The van der Waals surface area contributed by atoms with E-state index in [1.165, 1.54) is 0 Å². The number of carbonyl (C=O) groups is 1. The predicted molar refractivity (Wildman–Crippen MR) is 38.1 cm³/mol. The van der Waals surface area contributed by atoms with Gasteiger partial charge in [0.15, 0.2) is 0 Å². The van der Waals surface area contributed by atoms with Crippen molar-refractivity contribution < 1.29 is 4.79 Å². The summed E-state index contributed by atoms with van der Waals surface area (Å²) in [6.45, 7) is 8.47. The molecule has 0 saturated carbocycles. The van der Waals surface area contributed by atoms with Crippen molar-refractivity contribution in [2.45, 2.75) is 13.8 Å². The van der Waals surface area contributed by atoms with Crippen LogP contribution in [0.15, 0.2) is 12.7 Å². The first-order chi connectivity index (χ1) is 4.22. The largest absolute Gasteiger partial charge is 0.340 e. The van der Waals surface area contributed by atoms with Crippen molar-refractivity contribution in [3.63, 3.8) is 0 Å². The monoisotopic (exact) mass is 127 g/mol. The second-order valence-corrected chi connectivity index (χ2v) is 1.85. The molecule has 0 radical (unpaired) electrons. The van der Waals surface area contributed by atoms with Crippen molar-refractivity contribution in [2.24, 2.45) is 0 Å². The van der Waals surface area contributed by atoms with Crippen LogP contribution in [0.1, 0.15) is 13.8 Å². The molecule has 0 heterocycles. The molecule has 0 spiro atoms. The molecule has 52 valence electrons. The highest BCUT2D eigenvalue weighted by molar-refractivity contribution is 5.73. The number of hydrogen-bond acceptors (Lipinski definition) is 1. The topological polar surface area (TPSA) is 20.3 Å². The summed E-state index contributed by atoms with van der Waals surface area (Å²) in [6.07, 6.45) is 1.73. The Morgan fingerprint density at radius 1 is 1.78 bits per heavy atom. The number of hydrogen-bond donors (Lipinski definition) is 0. The average Bonchev–Trinajstić information content (AvgIpc) is 1.82. The molecule has 1 amide bonds. The molecule has 0 aromatic rings. The van der Waals surface area contributed by atoms with Crippen LogP contribution >= 0.6 is 0 Å². The minimum absolute atomic E-state index is 0.109. The van der Waals surface area contributed by atoms with Crippen LogP contribution in [0.3, 0.4) is 0 Å². The first kappa shape index (κ1) is 8.21. The first-order valence-electron chi connectivity index (χ1n) is 3.08. The number of likely N-dealkylation sites (N-methyl/N-ethyl adjacent to an activating group) is 1. The predicted octanol–water partition coefficient (Wildman–Crippen LogP) is 1.04. The van der Waals surface area contributed by atoms with Crippen molar-refractivity contribution in [2.75, 3.05) is 13.1 Å². The zero-order chi connectivity index (χ0) is 7.28. The van der Waals surface area contributed by atoms with Gasteiger partial charge >= 0.3 is 0 Å². The van der Waals surface area contributed by atoms with Gasteiger partial charge in [0.2, 0.25) is 5.91 Å². The third-order valence-electron chi connectivity index (χ3n) is 1.18. The zero-order valence-corrected chi connectivity index (χ0v) is 6.05.